The Labute approximate surface area is 156 Å². The summed E-state index contributed by atoms with van der Waals surface area (Å²) in [5.41, 5.74) is 6.73. The van der Waals surface area contributed by atoms with Gasteiger partial charge in [0.2, 0.25) is 5.92 Å². The van der Waals surface area contributed by atoms with Crippen LogP contribution in [0.1, 0.15) is 31.7 Å². The number of nitrogens with zero attached hydrogens (tertiary/aromatic N) is 1. The first-order valence-electron chi connectivity index (χ1n) is 9.24. The molecule has 0 amide bonds. The number of aliphatic imine (C=N–C) groups is 1. The quantitative estimate of drug-likeness (QED) is 0.846. The van der Waals surface area contributed by atoms with Gasteiger partial charge in [0.1, 0.15) is 12.0 Å². The van der Waals surface area contributed by atoms with Gasteiger partial charge in [-0.2, -0.15) is 0 Å². The molecular formula is C20H24F3N3O. The van der Waals surface area contributed by atoms with Crippen LogP contribution < -0.4 is 11.1 Å². The van der Waals surface area contributed by atoms with Gasteiger partial charge in [-0.05, 0) is 55.2 Å². The van der Waals surface area contributed by atoms with E-state index in [4.69, 9.17) is 15.5 Å². The molecule has 0 bridgehead atoms. The average Bonchev–Trinajstić information content (AvgIpc) is 3.02. The number of hydrogen-bond donors (Lipinski definition) is 2. The molecule has 3 N–H and O–H groups in total. The number of rotatable bonds is 4. The van der Waals surface area contributed by atoms with Crippen LogP contribution in [0.2, 0.25) is 0 Å². The van der Waals surface area contributed by atoms with Crippen LogP contribution in [0.15, 0.2) is 41.4 Å². The first-order valence-corrected chi connectivity index (χ1v) is 9.24. The monoisotopic (exact) mass is 379 g/mol. The van der Waals surface area contributed by atoms with Crippen LogP contribution >= 0.6 is 0 Å². The Morgan fingerprint density at radius 2 is 1.93 bits per heavy atom. The second-order valence-corrected chi connectivity index (χ2v) is 8.23. The van der Waals surface area contributed by atoms with E-state index in [1.165, 1.54) is 12.1 Å². The topological polar surface area (TPSA) is 59.6 Å². The van der Waals surface area contributed by atoms with Crippen LogP contribution in [0.25, 0.3) is 0 Å². The zero-order valence-corrected chi connectivity index (χ0v) is 15.2. The molecule has 3 atom stereocenters. The second-order valence-electron chi connectivity index (χ2n) is 8.23. The van der Waals surface area contributed by atoms with Crippen molar-refractivity contribution < 1.29 is 17.9 Å². The Kier molecular flexibility index (Phi) is 4.44. The Morgan fingerprint density at radius 3 is 2.52 bits per heavy atom. The van der Waals surface area contributed by atoms with Gasteiger partial charge in [-0.1, -0.05) is 6.08 Å². The molecule has 4 nitrogen and oxygen atoms in total. The number of nitrogens with one attached hydrogen (secondary N) is 1. The highest BCUT2D eigenvalue weighted by Crippen LogP contribution is 2.49. The van der Waals surface area contributed by atoms with Gasteiger partial charge in [0.15, 0.2) is 0 Å². The predicted molar refractivity (Wildman–Crippen MR) is 97.4 cm³/mol. The van der Waals surface area contributed by atoms with Crippen molar-refractivity contribution in [1.29, 1.82) is 0 Å². The Morgan fingerprint density at radius 1 is 1.22 bits per heavy atom. The maximum Gasteiger partial charge on any atom is 0.248 e. The SMILES string of the molecule is CC1(NC2N=C(c3ccc(F)cc3)C=CC2(N)C2CC(F)(F)C2)CCOC1. The number of ether oxygens (including phenoxy) is 1. The number of dihydropyridines is 1. The average molecular weight is 379 g/mol. The fraction of sp³-hybridized carbons (Fsp3) is 0.550. The van der Waals surface area contributed by atoms with E-state index >= 15 is 0 Å². The third-order valence-electron chi connectivity index (χ3n) is 5.91. The summed E-state index contributed by atoms with van der Waals surface area (Å²) in [5, 5.41) is 3.46. The highest BCUT2D eigenvalue weighted by Gasteiger charge is 2.56. The molecule has 1 aromatic carbocycles. The van der Waals surface area contributed by atoms with Gasteiger partial charge in [0, 0.05) is 25.0 Å². The van der Waals surface area contributed by atoms with Crippen LogP contribution in [0, 0.1) is 11.7 Å². The summed E-state index contributed by atoms with van der Waals surface area (Å²) in [6, 6.07) is 6.04. The fourth-order valence-electron chi connectivity index (χ4n) is 4.04. The summed E-state index contributed by atoms with van der Waals surface area (Å²) in [4.78, 5) is 4.77. The van der Waals surface area contributed by atoms with Crippen LogP contribution in [0.5, 0.6) is 0 Å². The summed E-state index contributed by atoms with van der Waals surface area (Å²) in [7, 11) is 0. The van der Waals surface area contributed by atoms with Gasteiger partial charge in [-0.15, -0.1) is 0 Å². The molecule has 1 aromatic rings. The standard InChI is InChI=1S/C20H24F3N3O/c1-18(8-9-27-12-18)26-17-20(24,14-10-19(22,23)11-14)7-6-16(25-17)13-2-4-15(21)5-3-13/h2-7,14,17,26H,8-12,24H2,1H3. The number of benzene rings is 1. The molecule has 4 rings (SSSR count). The summed E-state index contributed by atoms with van der Waals surface area (Å²) in [5.74, 6) is -3.34. The lowest BCUT2D eigenvalue weighted by atomic mass is 9.66. The molecule has 2 heterocycles. The molecule has 1 aliphatic carbocycles. The van der Waals surface area contributed by atoms with Gasteiger partial charge >= 0.3 is 0 Å². The maximum atomic E-state index is 13.5. The largest absolute Gasteiger partial charge is 0.379 e. The summed E-state index contributed by atoms with van der Waals surface area (Å²) in [6.07, 6.45) is 3.31. The minimum absolute atomic E-state index is 0.235. The van der Waals surface area contributed by atoms with E-state index in [-0.39, 0.29) is 30.1 Å². The van der Waals surface area contributed by atoms with Crippen molar-refractivity contribution in [2.24, 2.45) is 16.6 Å². The maximum absolute atomic E-state index is 13.5. The molecule has 7 heteroatoms. The molecular weight excluding hydrogens is 355 g/mol. The number of hydrogen-bond acceptors (Lipinski definition) is 4. The molecule has 1 saturated heterocycles. The van der Waals surface area contributed by atoms with Crippen LogP contribution in [-0.4, -0.2) is 42.1 Å². The van der Waals surface area contributed by atoms with E-state index in [0.29, 0.717) is 18.9 Å². The molecule has 3 unspecified atom stereocenters. The molecule has 0 radical (unpaired) electrons. The predicted octanol–water partition coefficient (Wildman–Crippen LogP) is 3.02. The van der Waals surface area contributed by atoms with Crippen molar-refractivity contribution >= 4 is 5.71 Å². The number of allylic oxidation sites excluding steroid dienone is 1. The van der Waals surface area contributed by atoms with Crippen molar-refractivity contribution in [3.8, 4) is 0 Å². The smallest absolute Gasteiger partial charge is 0.248 e. The highest BCUT2D eigenvalue weighted by molar-refractivity contribution is 6.09. The highest BCUT2D eigenvalue weighted by atomic mass is 19.3. The van der Waals surface area contributed by atoms with E-state index in [1.807, 2.05) is 6.92 Å². The van der Waals surface area contributed by atoms with Crippen LogP contribution in [0.3, 0.4) is 0 Å². The van der Waals surface area contributed by atoms with Gasteiger partial charge in [0.25, 0.3) is 0 Å². The van der Waals surface area contributed by atoms with Crippen molar-refractivity contribution in [2.75, 3.05) is 13.2 Å². The third-order valence-corrected chi connectivity index (χ3v) is 5.91. The lowest BCUT2D eigenvalue weighted by Crippen LogP contribution is -2.68. The van der Waals surface area contributed by atoms with Crippen LogP contribution in [0.4, 0.5) is 13.2 Å². The lowest BCUT2D eigenvalue weighted by Gasteiger charge is -2.50. The molecule has 146 valence electrons. The summed E-state index contributed by atoms with van der Waals surface area (Å²) >= 11 is 0. The Bertz CT molecular complexity index is 763. The van der Waals surface area contributed by atoms with E-state index in [1.54, 1.807) is 24.3 Å². The zero-order valence-electron chi connectivity index (χ0n) is 15.2. The molecule has 27 heavy (non-hydrogen) atoms. The van der Waals surface area contributed by atoms with Gasteiger partial charge in [0.05, 0.1) is 17.9 Å². The fourth-order valence-corrected chi connectivity index (χ4v) is 4.04. The summed E-state index contributed by atoms with van der Waals surface area (Å²) < 4.78 is 45.7. The molecule has 1 saturated carbocycles. The van der Waals surface area contributed by atoms with Crippen molar-refractivity contribution in [3.05, 3.63) is 47.8 Å². The first-order chi connectivity index (χ1) is 12.7. The first kappa shape index (κ1) is 18.7. The van der Waals surface area contributed by atoms with Crippen molar-refractivity contribution in [1.82, 2.24) is 5.32 Å². The third kappa shape index (κ3) is 3.56. The number of halogens is 3. The minimum Gasteiger partial charge on any atom is -0.379 e. The van der Waals surface area contributed by atoms with Crippen molar-refractivity contribution in [2.45, 2.75) is 49.4 Å². The van der Waals surface area contributed by atoms with E-state index in [0.717, 1.165) is 12.0 Å². The zero-order chi connectivity index (χ0) is 19.3. The number of nitrogens with two attached hydrogens (primary N) is 1. The molecule has 3 aliphatic rings. The second kappa shape index (κ2) is 6.43. The summed E-state index contributed by atoms with van der Waals surface area (Å²) in [6.45, 7) is 3.19. The van der Waals surface area contributed by atoms with Gasteiger partial charge < -0.3 is 10.5 Å². The number of alkyl halides is 2. The lowest BCUT2D eigenvalue weighted by molar-refractivity contribution is -0.129. The van der Waals surface area contributed by atoms with Crippen LogP contribution in [-0.2, 0) is 4.74 Å². The van der Waals surface area contributed by atoms with Crippen molar-refractivity contribution in [3.63, 3.8) is 0 Å². The normalized spacial score (nSPS) is 35.7. The Hall–Kier alpha value is -1.70. The molecule has 2 fully saturated rings. The van der Waals surface area contributed by atoms with Gasteiger partial charge in [-0.25, -0.2) is 13.2 Å². The van der Waals surface area contributed by atoms with E-state index in [9.17, 15) is 13.2 Å². The molecule has 0 aromatic heterocycles. The molecule has 0 spiro atoms. The van der Waals surface area contributed by atoms with E-state index in [2.05, 4.69) is 5.32 Å². The minimum atomic E-state index is -2.66. The molecule has 2 aliphatic heterocycles. The van der Waals surface area contributed by atoms with E-state index < -0.39 is 17.6 Å². The Balaban J connectivity index is 1.64. The van der Waals surface area contributed by atoms with Gasteiger partial charge in [-0.3, -0.25) is 10.3 Å².